The Hall–Kier alpha value is -2.07. The molecule has 0 N–H and O–H groups in total. The second-order valence-electron chi connectivity index (χ2n) is 7.27. The van der Waals surface area contributed by atoms with Gasteiger partial charge in [0.2, 0.25) is 0 Å². The highest BCUT2D eigenvalue weighted by Gasteiger charge is 2.34. The highest BCUT2D eigenvalue weighted by Crippen LogP contribution is 2.53. The van der Waals surface area contributed by atoms with Crippen LogP contribution in [0.1, 0.15) is 60.9 Å². The van der Waals surface area contributed by atoms with Crippen molar-refractivity contribution in [2.45, 2.75) is 49.1 Å². The van der Waals surface area contributed by atoms with Crippen LogP contribution in [0.4, 0.5) is 0 Å². The Morgan fingerprint density at radius 1 is 0.920 bits per heavy atom. The molecule has 2 aromatic carbocycles. The van der Waals surface area contributed by atoms with E-state index in [-0.39, 0.29) is 0 Å². The number of benzene rings is 2. The third-order valence-corrected chi connectivity index (χ3v) is 6.35. The van der Waals surface area contributed by atoms with Gasteiger partial charge in [0, 0.05) is 12.0 Å². The average molecular weight is 347 g/mol. The van der Waals surface area contributed by atoms with Crippen LogP contribution in [0, 0.1) is 0 Å². The summed E-state index contributed by atoms with van der Waals surface area (Å²) in [6.45, 7) is 4.41. The van der Waals surface area contributed by atoms with Gasteiger partial charge in [-0.1, -0.05) is 74.1 Å². The molecule has 0 amide bonds. The molecule has 126 valence electrons. The van der Waals surface area contributed by atoms with Crippen LogP contribution in [0.3, 0.4) is 0 Å². The van der Waals surface area contributed by atoms with Crippen molar-refractivity contribution in [1.82, 2.24) is 14.8 Å². The lowest BCUT2D eigenvalue weighted by Crippen LogP contribution is -2.05. The van der Waals surface area contributed by atoms with Crippen molar-refractivity contribution in [3.63, 3.8) is 0 Å². The van der Waals surface area contributed by atoms with Gasteiger partial charge < -0.3 is 4.57 Å². The van der Waals surface area contributed by atoms with Crippen molar-refractivity contribution in [3.8, 4) is 11.1 Å². The molecule has 3 aromatic rings. The van der Waals surface area contributed by atoms with E-state index in [9.17, 15) is 0 Å². The molecule has 2 aliphatic carbocycles. The van der Waals surface area contributed by atoms with Gasteiger partial charge in [0.1, 0.15) is 5.82 Å². The SMILES string of the molecule is CC(C)c1nnc(SC2c3ccccc3-c3ccccc32)n1C1CC1. The van der Waals surface area contributed by atoms with Gasteiger partial charge in [0.15, 0.2) is 5.16 Å². The Morgan fingerprint density at radius 2 is 1.52 bits per heavy atom. The molecule has 0 aliphatic heterocycles. The molecule has 1 fully saturated rings. The first-order valence-electron chi connectivity index (χ1n) is 9.03. The molecule has 2 aliphatic rings. The molecule has 0 radical (unpaired) electrons. The number of hydrogen-bond donors (Lipinski definition) is 0. The van der Waals surface area contributed by atoms with Crippen molar-refractivity contribution in [1.29, 1.82) is 0 Å². The first-order valence-corrected chi connectivity index (χ1v) is 9.91. The molecule has 0 unspecified atom stereocenters. The molecule has 4 heteroatoms. The third-order valence-electron chi connectivity index (χ3n) is 5.12. The quantitative estimate of drug-likeness (QED) is 0.615. The highest BCUT2D eigenvalue weighted by molar-refractivity contribution is 7.99. The first-order chi connectivity index (χ1) is 12.2. The minimum atomic E-state index is 0.300. The van der Waals surface area contributed by atoms with Gasteiger partial charge in [-0.15, -0.1) is 10.2 Å². The fourth-order valence-corrected chi connectivity index (χ4v) is 5.10. The molecule has 0 spiro atoms. The van der Waals surface area contributed by atoms with E-state index in [1.54, 1.807) is 0 Å². The van der Waals surface area contributed by atoms with Gasteiger partial charge in [-0.25, -0.2) is 0 Å². The van der Waals surface area contributed by atoms with Crippen molar-refractivity contribution in [2.24, 2.45) is 0 Å². The summed E-state index contributed by atoms with van der Waals surface area (Å²) in [6, 6.07) is 18.1. The molecule has 1 aromatic heterocycles. The second-order valence-corrected chi connectivity index (χ2v) is 8.34. The minimum absolute atomic E-state index is 0.300. The predicted octanol–water partition coefficient (Wildman–Crippen LogP) is 5.60. The smallest absolute Gasteiger partial charge is 0.192 e. The van der Waals surface area contributed by atoms with Crippen LogP contribution in [-0.2, 0) is 0 Å². The van der Waals surface area contributed by atoms with E-state index in [4.69, 9.17) is 0 Å². The lowest BCUT2D eigenvalue weighted by molar-refractivity contribution is 0.599. The molecule has 5 rings (SSSR count). The van der Waals surface area contributed by atoms with Crippen LogP contribution in [0.5, 0.6) is 0 Å². The van der Waals surface area contributed by atoms with Gasteiger partial charge in [-0.05, 0) is 35.1 Å². The van der Waals surface area contributed by atoms with Crippen LogP contribution in [0.15, 0.2) is 53.7 Å². The molecule has 0 saturated heterocycles. The van der Waals surface area contributed by atoms with E-state index in [0.29, 0.717) is 17.2 Å². The van der Waals surface area contributed by atoms with E-state index in [2.05, 4.69) is 77.1 Å². The van der Waals surface area contributed by atoms with Gasteiger partial charge in [0.05, 0.1) is 5.25 Å². The normalized spacial score (nSPS) is 16.3. The Labute approximate surface area is 152 Å². The Kier molecular flexibility index (Phi) is 3.49. The number of rotatable bonds is 4. The number of fused-ring (bicyclic) bond motifs is 3. The number of thioether (sulfide) groups is 1. The summed E-state index contributed by atoms with van der Waals surface area (Å²) < 4.78 is 2.40. The van der Waals surface area contributed by atoms with Crippen LogP contribution >= 0.6 is 11.8 Å². The number of aromatic nitrogens is 3. The molecule has 1 heterocycles. The molecule has 0 atom stereocenters. The van der Waals surface area contributed by atoms with E-state index in [1.807, 2.05) is 11.8 Å². The van der Waals surface area contributed by atoms with Crippen LogP contribution in [0.2, 0.25) is 0 Å². The molecule has 1 saturated carbocycles. The van der Waals surface area contributed by atoms with Crippen LogP contribution in [-0.4, -0.2) is 14.8 Å². The molecular formula is C21H21N3S. The van der Waals surface area contributed by atoms with E-state index < -0.39 is 0 Å². The molecule has 0 bridgehead atoms. The number of hydrogen-bond acceptors (Lipinski definition) is 3. The summed E-state index contributed by atoms with van der Waals surface area (Å²) >= 11 is 1.86. The van der Waals surface area contributed by atoms with Gasteiger partial charge in [-0.2, -0.15) is 0 Å². The van der Waals surface area contributed by atoms with Crippen molar-refractivity contribution >= 4 is 11.8 Å². The minimum Gasteiger partial charge on any atom is -0.303 e. The summed E-state index contributed by atoms with van der Waals surface area (Å²) in [5, 5.41) is 10.5. The molecule has 25 heavy (non-hydrogen) atoms. The first kappa shape index (κ1) is 15.2. The highest BCUT2D eigenvalue weighted by atomic mass is 32.2. The number of nitrogens with zero attached hydrogens (tertiary/aromatic N) is 3. The maximum atomic E-state index is 4.58. The maximum Gasteiger partial charge on any atom is 0.192 e. The summed E-state index contributed by atoms with van der Waals surface area (Å²) in [7, 11) is 0. The standard InChI is InChI=1S/C21H21N3S/c1-13(2)20-22-23-21(24(20)14-11-12-14)25-19-17-9-5-3-7-15(17)16-8-4-6-10-18(16)19/h3-10,13-14,19H,11-12H2,1-2H3. The summed E-state index contributed by atoms with van der Waals surface area (Å²) in [5.41, 5.74) is 5.50. The molecular weight excluding hydrogens is 326 g/mol. The summed E-state index contributed by atoms with van der Waals surface area (Å²) in [4.78, 5) is 0. The summed E-state index contributed by atoms with van der Waals surface area (Å²) in [6.07, 6.45) is 2.51. The van der Waals surface area contributed by atoms with Crippen molar-refractivity contribution < 1.29 is 0 Å². The molecule has 3 nitrogen and oxygen atoms in total. The zero-order valence-corrected chi connectivity index (χ0v) is 15.3. The lowest BCUT2D eigenvalue weighted by Gasteiger charge is -2.15. The average Bonchev–Trinajstić information content (AvgIpc) is 3.31. The maximum absolute atomic E-state index is 4.58. The Morgan fingerprint density at radius 3 is 2.08 bits per heavy atom. The second kappa shape index (κ2) is 5.73. The zero-order chi connectivity index (χ0) is 17.0. The van der Waals surface area contributed by atoms with Crippen molar-refractivity contribution in [3.05, 3.63) is 65.5 Å². The van der Waals surface area contributed by atoms with E-state index in [0.717, 1.165) is 11.0 Å². The van der Waals surface area contributed by atoms with Crippen LogP contribution < -0.4 is 0 Å². The van der Waals surface area contributed by atoms with Gasteiger partial charge in [0.25, 0.3) is 0 Å². The predicted molar refractivity (Wildman–Crippen MR) is 102 cm³/mol. The fraction of sp³-hybridized carbons (Fsp3) is 0.333. The van der Waals surface area contributed by atoms with Gasteiger partial charge >= 0.3 is 0 Å². The third kappa shape index (κ3) is 2.43. The summed E-state index contributed by atoms with van der Waals surface area (Å²) in [5.74, 6) is 1.54. The van der Waals surface area contributed by atoms with Gasteiger partial charge in [-0.3, -0.25) is 0 Å². The fourth-order valence-electron chi connectivity index (χ4n) is 3.78. The zero-order valence-electron chi connectivity index (χ0n) is 14.5. The topological polar surface area (TPSA) is 30.7 Å². The Balaban J connectivity index is 1.59. The monoisotopic (exact) mass is 347 g/mol. The largest absolute Gasteiger partial charge is 0.303 e. The van der Waals surface area contributed by atoms with Crippen molar-refractivity contribution in [2.75, 3.05) is 0 Å². The van der Waals surface area contributed by atoms with E-state index >= 15 is 0 Å². The van der Waals surface area contributed by atoms with E-state index in [1.165, 1.54) is 35.1 Å². The Bertz CT molecular complexity index is 894. The van der Waals surface area contributed by atoms with Crippen LogP contribution in [0.25, 0.3) is 11.1 Å². The lowest BCUT2D eigenvalue weighted by atomic mass is 10.1.